The molecule has 1 aromatic heterocycles. The van der Waals surface area contributed by atoms with Crippen molar-refractivity contribution in [3.63, 3.8) is 0 Å². The Morgan fingerprint density at radius 1 is 1.35 bits per heavy atom. The third-order valence-corrected chi connectivity index (χ3v) is 3.70. The first-order valence-electron chi connectivity index (χ1n) is 5.29. The zero-order valence-electron chi connectivity index (χ0n) is 9.45. The number of aryl methyl sites for hydroxylation is 2. The van der Waals surface area contributed by atoms with E-state index in [2.05, 4.69) is 20.9 Å². The summed E-state index contributed by atoms with van der Waals surface area (Å²) in [5.74, 6) is 0.285. The monoisotopic (exact) mass is 297 g/mol. The van der Waals surface area contributed by atoms with Gasteiger partial charge in [-0.15, -0.1) is 0 Å². The minimum Gasteiger partial charge on any atom is -0.369 e. The molecular weight excluding hydrogens is 285 g/mol. The summed E-state index contributed by atoms with van der Waals surface area (Å²) in [6.45, 7) is 0. The van der Waals surface area contributed by atoms with Crippen LogP contribution in [0.2, 0.25) is 0 Å². The SMILES string of the molecule is Cn1c(N)nc(CCc2ccccc2F)c1Br. The summed E-state index contributed by atoms with van der Waals surface area (Å²) in [6.07, 6.45) is 1.27. The fourth-order valence-electron chi connectivity index (χ4n) is 1.67. The summed E-state index contributed by atoms with van der Waals surface area (Å²) in [5.41, 5.74) is 7.24. The van der Waals surface area contributed by atoms with E-state index in [0.717, 1.165) is 10.3 Å². The van der Waals surface area contributed by atoms with Crippen LogP contribution in [-0.2, 0) is 19.9 Å². The molecule has 0 aliphatic carbocycles. The molecule has 0 unspecified atom stereocenters. The highest BCUT2D eigenvalue weighted by Crippen LogP contribution is 2.20. The molecule has 3 nitrogen and oxygen atoms in total. The van der Waals surface area contributed by atoms with Crippen molar-refractivity contribution in [1.82, 2.24) is 9.55 Å². The number of nitrogen functional groups attached to an aromatic ring is 1. The van der Waals surface area contributed by atoms with Crippen molar-refractivity contribution >= 4 is 21.9 Å². The summed E-state index contributed by atoms with van der Waals surface area (Å²) in [7, 11) is 1.83. The van der Waals surface area contributed by atoms with Crippen LogP contribution in [0.5, 0.6) is 0 Å². The first-order valence-corrected chi connectivity index (χ1v) is 6.09. The van der Waals surface area contributed by atoms with Gasteiger partial charge >= 0.3 is 0 Å². The van der Waals surface area contributed by atoms with Gasteiger partial charge in [-0.3, -0.25) is 0 Å². The van der Waals surface area contributed by atoms with Gasteiger partial charge in [0.15, 0.2) is 0 Å². The van der Waals surface area contributed by atoms with E-state index in [9.17, 15) is 4.39 Å². The highest BCUT2D eigenvalue weighted by atomic mass is 79.9. The molecule has 0 atom stereocenters. The third-order valence-electron chi connectivity index (χ3n) is 2.71. The first kappa shape index (κ1) is 12.1. The topological polar surface area (TPSA) is 43.8 Å². The Bertz CT molecular complexity index is 537. The summed E-state index contributed by atoms with van der Waals surface area (Å²) in [6, 6.07) is 6.78. The quantitative estimate of drug-likeness (QED) is 0.947. The number of nitrogens with zero attached hydrogens (tertiary/aromatic N) is 2. The highest BCUT2D eigenvalue weighted by Gasteiger charge is 2.10. The van der Waals surface area contributed by atoms with E-state index in [-0.39, 0.29) is 5.82 Å². The van der Waals surface area contributed by atoms with Crippen molar-refractivity contribution in [2.75, 3.05) is 5.73 Å². The highest BCUT2D eigenvalue weighted by molar-refractivity contribution is 9.10. The number of nitrogens with two attached hydrogens (primary N) is 1. The van der Waals surface area contributed by atoms with E-state index < -0.39 is 0 Å². The Balaban J connectivity index is 2.13. The van der Waals surface area contributed by atoms with Crippen molar-refractivity contribution in [2.45, 2.75) is 12.8 Å². The summed E-state index contributed by atoms with van der Waals surface area (Å²) in [4.78, 5) is 4.23. The normalized spacial score (nSPS) is 10.8. The van der Waals surface area contributed by atoms with Crippen LogP contribution in [0, 0.1) is 5.82 Å². The van der Waals surface area contributed by atoms with Gasteiger partial charge in [-0.25, -0.2) is 9.37 Å². The lowest BCUT2D eigenvalue weighted by Crippen LogP contribution is -1.96. The molecule has 1 aromatic carbocycles. The average molecular weight is 298 g/mol. The van der Waals surface area contributed by atoms with Gasteiger partial charge in [0.05, 0.1) is 5.69 Å². The molecular formula is C12H13BrFN3. The van der Waals surface area contributed by atoms with Crippen LogP contribution in [0.25, 0.3) is 0 Å². The van der Waals surface area contributed by atoms with Gasteiger partial charge in [-0.1, -0.05) is 18.2 Å². The molecule has 5 heteroatoms. The second-order valence-corrected chi connectivity index (χ2v) is 4.61. The van der Waals surface area contributed by atoms with Crippen LogP contribution < -0.4 is 5.73 Å². The van der Waals surface area contributed by atoms with Gasteiger partial charge in [0.25, 0.3) is 0 Å². The second-order valence-electron chi connectivity index (χ2n) is 3.86. The number of hydrogen-bond donors (Lipinski definition) is 1. The molecule has 0 saturated carbocycles. The Hall–Kier alpha value is -1.36. The minimum atomic E-state index is -0.174. The van der Waals surface area contributed by atoms with Crippen molar-refractivity contribution in [2.24, 2.45) is 7.05 Å². The number of halogens is 2. The zero-order chi connectivity index (χ0) is 12.4. The molecule has 0 aliphatic rings. The lowest BCUT2D eigenvalue weighted by atomic mass is 10.1. The van der Waals surface area contributed by atoms with Crippen LogP contribution in [0.4, 0.5) is 10.3 Å². The third kappa shape index (κ3) is 2.49. The van der Waals surface area contributed by atoms with Gasteiger partial charge in [0.1, 0.15) is 10.4 Å². The van der Waals surface area contributed by atoms with Gasteiger partial charge < -0.3 is 10.3 Å². The maximum atomic E-state index is 13.4. The number of benzene rings is 1. The molecule has 0 aliphatic heterocycles. The van der Waals surface area contributed by atoms with E-state index >= 15 is 0 Å². The van der Waals surface area contributed by atoms with Gasteiger partial charge in [0, 0.05) is 7.05 Å². The Kier molecular flexibility index (Phi) is 3.47. The number of aromatic nitrogens is 2. The molecule has 90 valence electrons. The van der Waals surface area contributed by atoms with E-state index in [1.165, 1.54) is 6.07 Å². The van der Waals surface area contributed by atoms with Crippen LogP contribution in [0.3, 0.4) is 0 Å². The molecule has 0 fully saturated rings. The average Bonchev–Trinajstić information content (AvgIpc) is 2.56. The molecule has 0 saturated heterocycles. The zero-order valence-corrected chi connectivity index (χ0v) is 11.0. The summed E-state index contributed by atoms with van der Waals surface area (Å²) < 4.78 is 16.0. The van der Waals surface area contributed by atoms with Gasteiger partial charge in [0.2, 0.25) is 5.95 Å². The lowest BCUT2D eigenvalue weighted by Gasteiger charge is -2.01. The maximum Gasteiger partial charge on any atom is 0.201 e. The molecule has 17 heavy (non-hydrogen) atoms. The van der Waals surface area contributed by atoms with Gasteiger partial charge in [-0.05, 0) is 40.4 Å². The van der Waals surface area contributed by atoms with E-state index in [1.807, 2.05) is 13.1 Å². The maximum absolute atomic E-state index is 13.4. The molecule has 2 N–H and O–H groups in total. The predicted molar refractivity (Wildman–Crippen MR) is 69.1 cm³/mol. The molecule has 0 bridgehead atoms. The molecule has 2 rings (SSSR count). The van der Waals surface area contributed by atoms with Crippen molar-refractivity contribution in [3.05, 3.63) is 45.9 Å². The van der Waals surface area contributed by atoms with Crippen LogP contribution in [-0.4, -0.2) is 9.55 Å². The number of rotatable bonds is 3. The van der Waals surface area contributed by atoms with E-state index in [1.54, 1.807) is 16.7 Å². The second kappa shape index (κ2) is 4.87. The minimum absolute atomic E-state index is 0.174. The van der Waals surface area contributed by atoms with Crippen LogP contribution in [0.1, 0.15) is 11.3 Å². The van der Waals surface area contributed by atoms with Gasteiger partial charge in [-0.2, -0.15) is 0 Å². The standard InChI is InChI=1S/C12H13BrFN3/c1-17-11(13)10(16-12(17)15)7-6-8-4-2-3-5-9(8)14/h2-5H,6-7H2,1H3,(H2,15,16). The fourth-order valence-corrected chi connectivity index (χ4v) is 2.14. The Morgan fingerprint density at radius 2 is 2.06 bits per heavy atom. The number of anilines is 1. The fraction of sp³-hybridized carbons (Fsp3) is 0.250. The summed E-state index contributed by atoms with van der Waals surface area (Å²) in [5, 5.41) is 0. The first-order chi connectivity index (χ1) is 8.09. The Morgan fingerprint density at radius 3 is 2.65 bits per heavy atom. The van der Waals surface area contributed by atoms with Crippen LogP contribution in [0.15, 0.2) is 28.9 Å². The predicted octanol–water partition coefficient (Wildman–Crippen LogP) is 2.69. The lowest BCUT2D eigenvalue weighted by molar-refractivity contribution is 0.608. The molecule has 0 amide bonds. The Labute approximate surface area is 108 Å². The van der Waals surface area contributed by atoms with Crippen molar-refractivity contribution < 1.29 is 4.39 Å². The van der Waals surface area contributed by atoms with Crippen molar-refractivity contribution in [3.8, 4) is 0 Å². The molecule has 2 aromatic rings. The molecule has 0 radical (unpaired) electrons. The van der Waals surface area contributed by atoms with E-state index in [0.29, 0.717) is 24.4 Å². The van der Waals surface area contributed by atoms with Crippen molar-refractivity contribution in [1.29, 1.82) is 0 Å². The molecule has 0 spiro atoms. The van der Waals surface area contributed by atoms with Crippen LogP contribution >= 0.6 is 15.9 Å². The molecule has 1 heterocycles. The smallest absolute Gasteiger partial charge is 0.201 e. The van der Waals surface area contributed by atoms with E-state index in [4.69, 9.17) is 5.73 Å². The number of hydrogen-bond acceptors (Lipinski definition) is 2. The largest absolute Gasteiger partial charge is 0.369 e. The number of imidazole rings is 1. The summed E-state index contributed by atoms with van der Waals surface area (Å²) >= 11 is 3.42.